The van der Waals surface area contributed by atoms with E-state index in [2.05, 4.69) is 6.92 Å². The van der Waals surface area contributed by atoms with Gasteiger partial charge in [-0.2, -0.15) is 0 Å². The summed E-state index contributed by atoms with van der Waals surface area (Å²) < 4.78 is 1.95. The lowest BCUT2D eigenvalue weighted by Gasteiger charge is -2.27. The standard InChI is InChI=1S/C13H18N2O/c1-9-5-4-8-12-14-11-7-3-2-6-10(11)13(16)15(9)12/h9H,2-8H2,1H3. The maximum Gasteiger partial charge on any atom is 0.257 e. The number of aromatic nitrogens is 2. The first kappa shape index (κ1) is 10.1. The molecule has 1 aromatic heterocycles. The fourth-order valence-electron chi connectivity index (χ4n) is 3.03. The normalized spacial score (nSPS) is 23.7. The Hall–Kier alpha value is -1.12. The van der Waals surface area contributed by atoms with Crippen LogP contribution in [0.25, 0.3) is 0 Å². The summed E-state index contributed by atoms with van der Waals surface area (Å²) in [5.74, 6) is 1.03. The third-order valence-electron chi connectivity index (χ3n) is 3.92. The monoisotopic (exact) mass is 218 g/mol. The highest BCUT2D eigenvalue weighted by atomic mass is 16.1. The lowest BCUT2D eigenvalue weighted by atomic mass is 9.95. The fourth-order valence-corrected chi connectivity index (χ4v) is 3.03. The summed E-state index contributed by atoms with van der Waals surface area (Å²) in [4.78, 5) is 17.1. The molecule has 0 amide bonds. The van der Waals surface area contributed by atoms with Crippen LogP contribution in [-0.4, -0.2) is 9.55 Å². The fraction of sp³-hybridized carbons (Fsp3) is 0.692. The van der Waals surface area contributed by atoms with E-state index < -0.39 is 0 Å². The Morgan fingerprint density at radius 3 is 2.88 bits per heavy atom. The first-order valence-corrected chi connectivity index (χ1v) is 6.40. The lowest BCUT2D eigenvalue weighted by molar-refractivity contribution is 0.397. The third-order valence-corrected chi connectivity index (χ3v) is 3.92. The minimum absolute atomic E-state index is 0.256. The summed E-state index contributed by atoms with van der Waals surface area (Å²) in [5.41, 5.74) is 2.35. The minimum atomic E-state index is 0.256. The molecule has 16 heavy (non-hydrogen) atoms. The maximum absolute atomic E-state index is 12.4. The van der Waals surface area contributed by atoms with Gasteiger partial charge in [0.15, 0.2) is 0 Å². The summed E-state index contributed by atoms with van der Waals surface area (Å²) in [6, 6.07) is 0.343. The van der Waals surface area contributed by atoms with Gasteiger partial charge in [-0.05, 0) is 45.4 Å². The van der Waals surface area contributed by atoms with E-state index >= 15 is 0 Å². The molecule has 0 saturated heterocycles. The van der Waals surface area contributed by atoms with Crippen molar-refractivity contribution in [2.75, 3.05) is 0 Å². The van der Waals surface area contributed by atoms with Crippen LogP contribution < -0.4 is 5.56 Å². The average molecular weight is 218 g/mol. The van der Waals surface area contributed by atoms with Crippen molar-refractivity contribution >= 4 is 0 Å². The molecule has 0 N–H and O–H groups in total. The van der Waals surface area contributed by atoms with Gasteiger partial charge in [-0.15, -0.1) is 0 Å². The molecule has 3 nitrogen and oxygen atoms in total. The molecule has 3 heteroatoms. The van der Waals surface area contributed by atoms with E-state index in [1.165, 1.54) is 12.8 Å². The van der Waals surface area contributed by atoms with Gasteiger partial charge in [0.2, 0.25) is 0 Å². The third kappa shape index (κ3) is 1.41. The molecule has 0 fully saturated rings. The highest BCUT2D eigenvalue weighted by Crippen LogP contribution is 2.24. The van der Waals surface area contributed by atoms with Gasteiger partial charge in [0.25, 0.3) is 5.56 Å². The van der Waals surface area contributed by atoms with Crippen LogP contribution in [0.2, 0.25) is 0 Å². The Bertz CT molecular complexity index is 476. The van der Waals surface area contributed by atoms with E-state index in [-0.39, 0.29) is 5.56 Å². The van der Waals surface area contributed by atoms with Crippen LogP contribution in [-0.2, 0) is 19.3 Å². The maximum atomic E-state index is 12.4. The molecule has 1 aliphatic heterocycles. The van der Waals surface area contributed by atoms with E-state index in [9.17, 15) is 4.79 Å². The molecule has 0 spiro atoms. The van der Waals surface area contributed by atoms with Crippen LogP contribution in [0.1, 0.15) is 55.7 Å². The Balaban J connectivity index is 2.22. The highest BCUT2D eigenvalue weighted by molar-refractivity contribution is 5.22. The summed E-state index contributed by atoms with van der Waals surface area (Å²) in [7, 11) is 0. The number of hydrogen-bond donors (Lipinski definition) is 0. The zero-order valence-electron chi connectivity index (χ0n) is 9.83. The Morgan fingerprint density at radius 2 is 2.00 bits per heavy atom. The largest absolute Gasteiger partial charge is 0.294 e. The van der Waals surface area contributed by atoms with Gasteiger partial charge in [0.1, 0.15) is 5.82 Å². The lowest BCUT2D eigenvalue weighted by Crippen LogP contribution is -2.35. The average Bonchev–Trinajstić information content (AvgIpc) is 2.29. The molecular formula is C13H18N2O. The van der Waals surface area contributed by atoms with Crippen LogP contribution in [0, 0.1) is 0 Å². The predicted molar refractivity (Wildman–Crippen MR) is 62.8 cm³/mol. The van der Waals surface area contributed by atoms with Gasteiger partial charge in [-0.3, -0.25) is 9.36 Å². The summed E-state index contributed by atoms with van der Waals surface area (Å²) in [5, 5.41) is 0. The second-order valence-electron chi connectivity index (χ2n) is 5.08. The van der Waals surface area contributed by atoms with Crippen molar-refractivity contribution in [2.45, 2.75) is 57.9 Å². The molecule has 1 aliphatic carbocycles. The second-order valence-corrected chi connectivity index (χ2v) is 5.08. The van der Waals surface area contributed by atoms with E-state index in [0.717, 1.165) is 49.2 Å². The van der Waals surface area contributed by atoms with Gasteiger partial charge < -0.3 is 0 Å². The van der Waals surface area contributed by atoms with Crippen LogP contribution in [0.15, 0.2) is 4.79 Å². The predicted octanol–water partition coefficient (Wildman–Crippen LogP) is 2.02. The Morgan fingerprint density at radius 1 is 1.19 bits per heavy atom. The number of fused-ring (bicyclic) bond motifs is 2. The zero-order chi connectivity index (χ0) is 11.1. The summed E-state index contributed by atoms with van der Waals surface area (Å²) in [6.45, 7) is 2.14. The first-order valence-electron chi connectivity index (χ1n) is 6.40. The first-order chi connectivity index (χ1) is 7.77. The van der Waals surface area contributed by atoms with Crippen molar-refractivity contribution in [1.82, 2.24) is 9.55 Å². The van der Waals surface area contributed by atoms with Crippen molar-refractivity contribution in [2.24, 2.45) is 0 Å². The van der Waals surface area contributed by atoms with Gasteiger partial charge in [-0.25, -0.2) is 4.98 Å². The topological polar surface area (TPSA) is 34.9 Å². The van der Waals surface area contributed by atoms with Crippen molar-refractivity contribution < 1.29 is 0 Å². The Labute approximate surface area is 95.5 Å². The minimum Gasteiger partial charge on any atom is -0.294 e. The van der Waals surface area contributed by atoms with Gasteiger partial charge in [-0.1, -0.05) is 0 Å². The number of nitrogens with zero attached hydrogens (tertiary/aromatic N) is 2. The molecular weight excluding hydrogens is 200 g/mol. The van der Waals surface area contributed by atoms with Gasteiger partial charge in [0, 0.05) is 18.0 Å². The van der Waals surface area contributed by atoms with Crippen molar-refractivity contribution in [3.05, 3.63) is 27.4 Å². The van der Waals surface area contributed by atoms with Crippen molar-refractivity contribution in [3.63, 3.8) is 0 Å². The summed E-state index contributed by atoms with van der Waals surface area (Å²) in [6.07, 6.45) is 7.56. The molecule has 2 heterocycles. The molecule has 3 rings (SSSR count). The molecule has 0 aromatic carbocycles. The SMILES string of the molecule is CC1CCCc2nc3c(c(=O)n21)CCCC3. The zero-order valence-corrected chi connectivity index (χ0v) is 9.83. The molecule has 86 valence electrons. The number of aryl methyl sites for hydroxylation is 2. The Kier molecular flexibility index (Phi) is 2.34. The highest BCUT2D eigenvalue weighted by Gasteiger charge is 2.23. The van der Waals surface area contributed by atoms with E-state index in [4.69, 9.17) is 4.98 Å². The van der Waals surface area contributed by atoms with E-state index in [0.29, 0.717) is 6.04 Å². The summed E-state index contributed by atoms with van der Waals surface area (Å²) >= 11 is 0. The van der Waals surface area contributed by atoms with Crippen LogP contribution >= 0.6 is 0 Å². The van der Waals surface area contributed by atoms with Gasteiger partial charge in [0.05, 0.1) is 5.69 Å². The van der Waals surface area contributed by atoms with Gasteiger partial charge >= 0.3 is 0 Å². The van der Waals surface area contributed by atoms with Crippen LogP contribution in [0.3, 0.4) is 0 Å². The molecule has 0 radical (unpaired) electrons. The molecule has 1 unspecified atom stereocenters. The van der Waals surface area contributed by atoms with E-state index in [1.807, 2.05) is 4.57 Å². The number of rotatable bonds is 0. The van der Waals surface area contributed by atoms with Crippen molar-refractivity contribution in [3.8, 4) is 0 Å². The molecule has 1 aromatic rings. The van der Waals surface area contributed by atoms with Crippen LogP contribution in [0.5, 0.6) is 0 Å². The molecule has 0 saturated carbocycles. The number of hydrogen-bond acceptors (Lipinski definition) is 2. The molecule has 2 aliphatic rings. The molecule has 0 bridgehead atoms. The quantitative estimate of drug-likeness (QED) is 0.667. The van der Waals surface area contributed by atoms with Crippen LogP contribution in [0.4, 0.5) is 0 Å². The van der Waals surface area contributed by atoms with E-state index in [1.54, 1.807) is 0 Å². The molecule has 1 atom stereocenters. The second kappa shape index (κ2) is 3.72. The van der Waals surface area contributed by atoms with Crippen molar-refractivity contribution in [1.29, 1.82) is 0 Å². The smallest absolute Gasteiger partial charge is 0.257 e.